The Labute approximate surface area is 272 Å². The Balaban J connectivity index is 1.25. The highest BCUT2D eigenvalue weighted by Crippen LogP contribution is 2.42. The number of allylic oxidation sites excluding steroid dienone is 1. The third kappa shape index (κ3) is 4.06. The zero-order valence-corrected chi connectivity index (χ0v) is 25.7. The molecule has 220 valence electrons. The third-order valence-corrected chi connectivity index (χ3v) is 9.82. The molecule has 0 aliphatic heterocycles. The van der Waals surface area contributed by atoms with Gasteiger partial charge in [-0.2, -0.15) is 0 Å². The van der Waals surface area contributed by atoms with Crippen LogP contribution < -0.4 is 0 Å². The van der Waals surface area contributed by atoms with Gasteiger partial charge in [-0.05, 0) is 80.9 Å². The lowest BCUT2D eigenvalue weighted by molar-refractivity contribution is 0.986. The number of hydrogen-bond donors (Lipinski definition) is 0. The Morgan fingerprint density at radius 1 is 0.511 bits per heavy atom. The number of nitrogens with zero attached hydrogens (tertiary/aromatic N) is 3. The Morgan fingerprint density at radius 2 is 1.11 bits per heavy atom. The van der Waals surface area contributed by atoms with Crippen molar-refractivity contribution in [3.8, 4) is 28.2 Å². The van der Waals surface area contributed by atoms with E-state index in [0.717, 1.165) is 52.0 Å². The first-order chi connectivity index (χ1) is 23.3. The van der Waals surface area contributed by atoms with E-state index in [1.807, 2.05) is 12.1 Å². The molecule has 0 saturated heterocycles. The smallest absolute Gasteiger partial charge is 0.165 e. The fourth-order valence-electron chi connectivity index (χ4n) is 7.55. The van der Waals surface area contributed by atoms with E-state index in [9.17, 15) is 0 Å². The second kappa shape index (κ2) is 10.2. The topological polar surface area (TPSA) is 30.7 Å². The molecule has 7 aromatic carbocycles. The van der Waals surface area contributed by atoms with Gasteiger partial charge in [-0.15, -0.1) is 0 Å². The van der Waals surface area contributed by atoms with Crippen LogP contribution in [0.2, 0.25) is 0 Å². The molecule has 0 saturated carbocycles. The van der Waals surface area contributed by atoms with Gasteiger partial charge in [0.15, 0.2) is 5.82 Å². The van der Waals surface area contributed by atoms with Gasteiger partial charge in [0.1, 0.15) is 5.69 Å². The average molecular weight is 600 g/mol. The minimum absolute atomic E-state index is 0.836. The van der Waals surface area contributed by atoms with Gasteiger partial charge in [0.05, 0.1) is 22.1 Å². The number of aromatic nitrogens is 3. The number of benzene rings is 7. The van der Waals surface area contributed by atoms with Gasteiger partial charge in [-0.25, -0.2) is 9.97 Å². The molecule has 2 heterocycles. The fourth-order valence-corrected chi connectivity index (χ4v) is 7.55. The number of rotatable bonds is 3. The molecule has 3 heteroatoms. The van der Waals surface area contributed by atoms with Crippen LogP contribution in [-0.4, -0.2) is 14.5 Å². The molecule has 9 aromatic rings. The Hall–Kier alpha value is -6.06. The number of fused-ring (bicyclic) bond motifs is 9. The summed E-state index contributed by atoms with van der Waals surface area (Å²) in [7, 11) is 0. The van der Waals surface area contributed by atoms with Crippen molar-refractivity contribution in [3.05, 3.63) is 157 Å². The van der Waals surface area contributed by atoms with Crippen molar-refractivity contribution >= 4 is 60.5 Å². The molecule has 2 aromatic heterocycles. The highest BCUT2D eigenvalue weighted by Gasteiger charge is 2.22. The minimum Gasteiger partial charge on any atom is -0.292 e. The van der Waals surface area contributed by atoms with Gasteiger partial charge in [0.25, 0.3) is 0 Å². The fraction of sp³-hybridized carbons (Fsp3) is 0.0455. The summed E-state index contributed by atoms with van der Waals surface area (Å²) in [4.78, 5) is 10.7. The Bertz CT molecular complexity index is 2640. The van der Waals surface area contributed by atoms with E-state index in [0.29, 0.717) is 0 Å². The van der Waals surface area contributed by atoms with Gasteiger partial charge in [-0.1, -0.05) is 127 Å². The van der Waals surface area contributed by atoms with Gasteiger partial charge in [0.2, 0.25) is 0 Å². The van der Waals surface area contributed by atoms with Crippen molar-refractivity contribution in [2.75, 3.05) is 0 Å². The van der Waals surface area contributed by atoms with E-state index < -0.39 is 0 Å². The van der Waals surface area contributed by atoms with Crippen LogP contribution in [0.3, 0.4) is 0 Å². The zero-order chi connectivity index (χ0) is 30.9. The molecule has 0 unspecified atom stereocenters. The highest BCUT2D eigenvalue weighted by molar-refractivity contribution is 6.28. The molecule has 47 heavy (non-hydrogen) atoms. The predicted molar refractivity (Wildman–Crippen MR) is 197 cm³/mol. The average Bonchev–Trinajstić information content (AvgIpc) is 3.49. The van der Waals surface area contributed by atoms with E-state index in [4.69, 9.17) is 9.97 Å². The first-order valence-corrected chi connectivity index (χ1v) is 16.3. The van der Waals surface area contributed by atoms with Crippen LogP contribution in [0.5, 0.6) is 0 Å². The van der Waals surface area contributed by atoms with Crippen molar-refractivity contribution in [3.63, 3.8) is 0 Å². The molecular weight excluding hydrogens is 571 g/mol. The summed E-state index contributed by atoms with van der Waals surface area (Å²) in [6.45, 7) is 0. The lowest BCUT2D eigenvalue weighted by Gasteiger charge is -2.15. The summed E-state index contributed by atoms with van der Waals surface area (Å²) in [5, 5.41) is 7.42. The third-order valence-electron chi connectivity index (χ3n) is 9.82. The monoisotopic (exact) mass is 599 g/mol. The van der Waals surface area contributed by atoms with E-state index in [1.54, 1.807) is 0 Å². The maximum Gasteiger partial charge on any atom is 0.165 e. The number of hydrogen-bond acceptors (Lipinski definition) is 2. The molecule has 0 amide bonds. The summed E-state index contributed by atoms with van der Waals surface area (Å²) >= 11 is 0. The molecule has 0 N–H and O–H groups in total. The minimum atomic E-state index is 0.836. The highest BCUT2D eigenvalue weighted by atomic mass is 15.1. The van der Waals surface area contributed by atoms with Crippen LogP contribution in [0.25, 0.3) is 88.7 Å². The Morgan fingerprint density at radius 3 is 1.81 bits per heavy atom. The number of aryl methyl sites for hydroxylation is 1. The van der Waals surface area contributed by atoms with Crippen LogP contribution in [0, 0.1) is 0 Å². The summed E-state index contributed by atoms with van der Waals surface area (Å²) in [5.74, 6) is 0.836. The van der Waals surface area contributed by atoms with E-state index in [-0.39, 0.29) is 0 Å². The predicted octanol–water partition coefficient (Wildman–Crippen LogP) is 11.3. The summed E-state index contributed by atoms with van der Waals surface area (Å²) in [6, 6.07) is 50.2. The maximum absolute atomic E-state index is 5.38. The lowest BCUT2D eigenvalue weighted by Crippen LogP contribution is -2.03. The van der Waals surface area contributed by atoms with Gasteiger partial charge < -0.3 is 0 Å². The summed E-state index contributed by atoms with van der Waals surface area (Å²) in [6.07, 6.45) is 6.71. The van der Waals surface area contributed by atoms with Crippen molar-refractivity contribution in [2.45, 2.75) is 12.8 Å². The molecular formula is C44H29N3. The van der Waals surface area contributed by atoms with E-state index in [1.165, 1.54) is 54.6 Å². The van der Waals surface area contributed by atoms with Crippen molar-refractivity contribution < 1.29 is 0 Å². The van der Waals surface area contributed by atoms with Crippen molar-refractivity contribution in [1.82, 2.24) is 14.5 Å². The molecule has 3 nitrogen and oxygen atoms in total. The normalized spacial score (nSPS) is 12.9. The van der Waals surface area contributed by atoms with Gasteiger partial charge >= 0.3 is 0 Å². The van der Waals surface area contributed by atoms with Crippen LogP contribution in [0.15, 0.2) is 146 Å². The molecule has 0 spiro atoms. The van der Waals surface area contributed by atoms with Crippen LogP contribution in [-0.2, 0) is 6.42 Å². The maximum atomic E-state index is 5.38. The second-order valence-corrected chi connectivity index (χ2v) is 12.5. The summed E-state index contributed by atoms with van der Waals surface area (Å²) < 4.78 is 2.34. The van der Waals surface area contributed by atoms with Crippen LogP contribution in [0.1, 0.15) is 17.5 Å². The lowest BCUT2D eigenvalue weighted by atomic mass is 9.93. The van der Waals surface area contributed by atoms with Crippen molar-refractivity contribution in [1.29, 1.82) is 0 Å². The standard InChI is InChI=1S/C44H29N3/c1-2-12-33-27-34(22-19-28(33)9-1)29-17-20-32(21-18-29)43-44(46-38-16-8-7-15-37(38)45-43)47-39-25-23-30-10-3-5-13-35(30)41(39)42-36-14-6-4-11-31(36)24-26-40(42)47/h1,3-11,13-27H,2,12H2. The largest absolute Gasteiger partial charge is 0.292 e. The first kappa shape index (κ1) is 26.2. The van der Waals surface area contributed by atoms with Gasteiger partial charge in [0, 0.05) is 16.3 Å². The first-order valence-electron chi connectivity index (χ1n) is 16.3. The van der Waals surface area contributed by atoms with Crippen molar-refractivity contribution in [2.24, 2.45) is 0 Å². The molecule has 10 rings (SSSR count). The van der Waals surface area contributed by atoms with Crippen LogP contribution in [0.4, 0.5) is 0 Å². The molecule has 0 fully saturated rings. The van der Waals surface area contributed by atoms with E-state index >= 15 is 0 Å². The zero-order valence-electron chi connectivity index (χ0n) is 25.7. The molecule has 1 aliphatic carbocycles. The quantitative estimate of drug-likeness (QED) is 0.202. The molecule has 0 bridgehead atoms. The molecule has 1 aliphatic rings. The Kier molecular flexibility index (Phi) is 5.70. The second-order valence-electron chi connectivity index (χ2n) is 12.5. The SMILES string of the molecule is C1=Cc2ccc(-c3ccc(-c4nc5ccccc5nc4-n4c5ccc6ccccc6c5c5c6ccccc6ccc54)cc3)cc2CC1. The molecule has 0 atom stereocenters. The van der Waals surface area contributed by atoms with Crippen LogP contribution >= 0.6 is 0 Å². The van der Waals surface area contributed by atoms with Gasteiger partial charge in [-0.3, -0.25) is 4.57 Å². The van der Waals surface area contributed by atoms with E-state index in [2.05, 4.69) is 144 Å². The molecule has 0 radical (unpaired) electrons. The summed E-state index contributed by atoms with van der Waals surface area (Å²) in [5.41, 5.74) is 11.1. The number of para-hydroxylation sites is 2.